The smallest absolute Gasteiger partial charge is 0.332 e. The molecule has 110 valence electrons. The van der Waals surface area contributed by atoms with Crippen molar-refractivity contribution in [3.8, 4) is 6.07 Å². The maximum absolute atomic E-state index is 12.0. The van der Waals surface area contributed by atoms with Crippen molar-refractivity contribution >= 4 is 28.8 Å². The summed E-state index contributed by atoms with van der Waals surface area (Å²) in [6, 6.07) is 5.30. The van der Waals surface area contributed by atoms with Crippen molar-refractivity contribution in [3.63, 3.8) is 0 Å². The predicted molar refractivity (Wildman–Crippen MR) is 83.0 cm³/mol. The summed E-state index contributed by atoms with van der Waals surface area (Å²) in [5.41, 5.74) is -1.19. The van der Waals surface area contributed by atoms with Gasteiger partial charge in [-0.25, -0.2) is 4.79 Å². The summed E-state index contributed by atoms with van der Waals surface area (Å²) in [6.45, 7) is 1.87. The van der Waals surface area contributed by atoms with E-state index >= 15 is 0 Å². The molecule has 0 aliphatic heterocycles. The first-order valence-corrected chi connectivity index (χ1v) is 7.28. The highest BCUT2D eigenvalue weighted by Crippen LogP contribution is 2.28. The number of aromatic nitrogens is 2. The van der Waals surface area contributed by atoms with Gasteiger partial charge in [-0.2, -0.15) is 5.26 Å². The van der Waals surface area contributed by atoms with Gasteiger partial charge in [-0.15, -0.1) is 11.3 Å². The number of thiophene rings is 1. The minimum atomic E-state index is -0.612. The predicted octanol–water partition coefficient (Wildman–Crippen LogP) is 1.84. The molecule has 0 saturated carbocycles. The third-order valence-electron chi connectivity index (χ3n) is 3.15. The van der Waals surface area contributed by atoms with Gasteiger partial charge in [0.2, 0.25) is 0 Å². The van der Waals surface area contributed by atoms with E-state index in [2.05, 4.69) is 5.32 Å². The molecule has 1 N–H and O–H groups in total. The Morgan fingerprint density at radius 1 is 1.33 bits per heavy atom. The van der Waals surface area contributed by atoms with E-state index in [0.717, 1.165) is 9.44 Å². The third kappa shape index (κ3) is 2.73. The minimum Gasteiger partial charge on any atom is -0.363 e. The molecular weight excluding hydrogens is 312 g/mol. The van der Waals surface area contributed by atoms with Crippen molar-refractivity contribution < 1.29 is 0 Å². The van der Waals surface area contributed by atoms with E-state index in [1.807, 2.05) is 19.1 Å². The van der Waals surface area contributed by atoms with Gasteiger partial charge in [0.25, 0.3) is 5.56 Å². The van der Waals surface area contributed by atoms with E-state index < -0.39 is 11.2 Å². The van der Waals surface area contributed by atoms with Crippen molar-refractivity contribution in [3.05, 3.63) is 47.7 Å². The molecule has 0 saturated heterocycles. The molecule has 0 amide bonds. The molecule has 0 fully saturated rings. The Bertz CT molecular complexity index is 843. The fourth-order valence-electron chi connectivity index (χ4n) is 1.95. The highest BCUT2D eigenvalue weighted by Gasteiger charge is 2.18. The number of halogens is 1. The Morgan fingerprint density at radius 2 is 2.00 bits per heavy atom. The molecule has 0 radical (unpaired) electrons. The summed E-state index contributed by atoms with van der Waals surface area (Å²) in [5, 5.41) is 12.2. The van der Waals surface area contributed by atoms with Gasteiger partial charge in [-0.1, -0.05) is 11.6 Å². The van der Waals surface area contributed by atoms with Gasteiger partial charge in [0.1, 0.15) is 11.9 Å². The molecule has 2 aromatic rings. The SMILES string of the molecule is C[C@@H](Nc1c(C#N)c(=O)n(C)c(=O)n1C)c1ccc(Cl)s1. The number of hydrogen-bond donors (Lipinski definition) is 1. The monoisotopic (exact) mass is 324 g/mol. The molecule has 0 aliphatic rings. The van der Waals surface area contributed by atoms with Gasteiger partial charge in [0, 0.05) is 19.0 Å². The molecule has 6 nitrogen and oxygen atoms in total. The highest BCUT2D eigenvalue weighted by molar-refractivity contribution is 7.16. The number of nitrogens with one attached hydrogen (secondary N) is 1. The van der Waals surface area contributed by atoms with Gasteiger partial charge in [0.15, 0.2) is 5.56 Å². The van der Waals surface area contributed by atoms with E-state index in [4.69, 9.17) is 11.6 Å². The minimum absolute atomic E-state index is 0.0888. The molecule has 0 bridgehead atoms. The van der Waals surface area contributed by atoms with E-state index in [1.54, 1.807) is 6.07 Å². The van der Waals surface area contributed by atoms with Crippen molar-refractivity contribution in [2.75, 3.05) is 5.32 Å². The van der Waals surface area contributed by atoms with Crippen LogP contribution in [0.3, 0.4) is 0 Å². The van der Waals surface area contributed by atoms with Crippen LogP contribution in [0, 0.1) is 11.3 Å². The Balaban J connectivity index is 2.52. The largest absolute Gasteiger partial charge is 0.363 e. The van der Waals surface area contributed by atoms with Gasteiger partial charge in [-0.05, 0) is 19.1 Å². The van der Waals surface area contributed by atoms with Crippen molar-refractivity contribution in [2.24, 2.45) is 14.1 Å². The number of nitriles is 1. The first-order chi connectivity index (χ1) is 9.86. The highest BCUT2D eigenvalue weighted by atomic mass is 35.5. The van der Waals surface area contributed by atoms with Crippen molar-refractivity contribution in [1.82, 2.24) is 9.13 Å². The van der Waals surface area contributed by atoms with Crippen LogP contribution in [0.4, 0.5) is 5.82 Å². The standard InChI is InChI=1S/C13H13ClN4O2S/c1-7(9-4-5-10(14)21-9)16-11-8(6-15)12(19)18(3)13(20)17(11)2/h4-5,7,16H,1-3H3/t7-/m1/s1. The Labute approximate surface area is 129 Å². The quantitative estimate of drug-likeness (QED) is 0.934. The summed E-state index contributed by atoms with van der Waals surface area (Å²) in [4.78, 5) is 24.9. The van der Waals surface area contributed by atoms with E-state index in [0.29, 0.717) is 4.34 Å². The number of anilines is 1. The van der Waals surface area contributed by atoms with E-state index in [-0.39, 0.29) is 17.4 Å². The lowest BCUT2D eigenvalue weighted by Crippen LogP contribution is -2.40. The second-order valence-electron chi connectivity index (χ2n) is 4.55. The Morgan fingerprint density at radius 3 is 2.52 bits per heavy atom. The summed E-state index contributed by atoms with van der Waals surface area (Å²) in [7, 11) is 2.86. The third-order valence-corrected chi connectivity index (χ3v) is 4.56. The summed E-state index contributed by atoms with van der Waals surface area (Å²) < 4.78 is 2.82. The van der Waals surface area contributed by atoms with Crippen LogP contribution in [0.15, 0.2) is 21.7 Å². The molecule has 0 spiro atoms. The van der Waals surface area contributed by atoms with E-state index in [1.165, 1.54) is 30.0 Å². The van der Waals surface area contributed by atoms with Crippen LogP contribution >= 0.6 is 22.9 Å². The molecule has 0 aromatic carbocycles. The average Bonchev–Trinajstić information content (AvgIpc) is 2.89. The molecule has 0 aliphatic carbocycles. The zero-order chi connectivity index (χ0) is 15.7. The number of nitrogens with zero attached hydrogens (tertiary/aromatic N) is 3. The van der Waals surface area contributed by atoms with Gasteiger partial charge in [0.05, 0.1) is 10.4 Å². The fraction of sp³-hybridized carbons (Fsp3) is 0.308. The molecule has 2 heterocycles. The lowest BCUT2D eigenvalue weighted by Gasteiger charge is -2.18. The molecule has 8 heteroatoms. The first-order valence-electron chi connectivity index (χ1n) is 6.08. The average molecular weight is 325 g/mol. The molecule has 1 atom stereocenters. The number of rotatable bonds is 3. The van der Waals surface area contributed by atoms with Gasteiger partial charge in [-0.3, -0.25) is 13.9 Å². The zero-order valence-corrected chi connectivity index (χ0v) is 13.2. The van der Waals surface area contributed by atoms with Crippen LogP contribution in [0.2, 0.25) is 4.34 Å². The fourth-order valence-corrected chi connectivity index (χ4v) is 3.01. The lowest BCUT2D eigenvalue weighted by molar-refractivity contribution is 0.679. The first kappa shape index (κ1) is 15.4. The van der Waals surface area contributed by atoms with Crippen LogP contribution in [-0.2, 0) is 14.1 Å². The van der Waals surface area contributed by atoms with Crippen molar-refractivity contribution in [1.29, 1.82) is 5.26 Å². The summed E-state index contributed by atoms with van der Waals surface area (Å²) in [5.74, 6) is 0.211. The Kier molecular flexibility index (Phi) is 4.21. The maximum Gasteiger partial charge on any atom is 0.332 e. The Hall–Kier alpha value is -2.04. The molecular formula is C13H13ClN4O2S. The second kappa shape index (κ2) is 5.76. The van der Waals surface area contributed by atoms with E-state index in [9.17, 15) is 14.9 Å². The summed E-state index contributed by atoms with van der Waals surface area (Å²) in [6.07, 6.45) is 0. The topological polar surface area (TPSA) is 79.8 Å². The van der Waals surface area contributed by atoms with Crippen molar-refractivity contribution in [2.45, 2.75) is 13.0 Å². The molecule has 0 unspecified atom stereocenters. The molecule has 2 rings (SSSR count). The van der Waals surface area contributed by atoms with Crippen LogP contribution in [0.25, 0.3) is 0 Å². The van der Waals surface area contributed by atoms with Crippen LogP contribution < -0.4 is 16.6 Å². The van der Waals surface area contributed by atoms with Crippen LogP contribution in [-0.4, -0.2) is 9.13 Å². The molecule has 2 aromatic heterocycles. The van der Waals surface area contributed by atoms with Crippen LogP contribution in [0.1, 0.15) is 23.4 Å². The number of hydrogen-bond acceptors (Lipinski definition) is 5. The second-order valence-corrected chi connectivity index (χ2v) is 6.30. The lowest BCUT2D eigenvalue weighted by atomic mass is 10.2. The van der Waals surface area contributed by atoms with Gasteiger partial charge >= 0.3 is 5.69 Å². The zero-order valence-electron chi connectivity index (χ0n) is 11.7. The normalized spacial score (nSPS) is 12.0. The summed E-state index contributed by atoms with van der Waals surface area (Å²) >= 11 is 7.29. The maximum atomic E-state index is 12.0. The molecule has 21 heavy (non-hydrogen) atoms. The van der Waals surface area contributed by atoms with Gasteiger partial charge < -0.3 is 5.32 Å². The van der Waals surface area contributed by atoms with Crippen LogP contribution in [0.5, 0.6) is 0 Å².